The van der Waals surface area contributed by atoms with Gasteiger partial charge in [-0.25, -0.2) is 10.5 Å². The Bertz CT molecular complexity index is 640. The number of rotatable bonds is 3. The van der Waals surface area contributed by atoms with E-state index in [1.165, 1.54) is 14.2 Å². The minimum Gasteiger partial charge on any atom is -0.496 e. The number of ether oxygens (including phenoxy) is 2. The SMILES string of the molecule is COc1ccc(C(=O)NO)c2c(OC)cc(C)nc12. The van der Waals surface area contributed by atoms with Crippen molar-refractivity contribution < 1.29 is 19.5 Å². The van der Waals surface area contributed by atoms with E-state index in [9.17, 15) is 4.79 Å². The Labute approximate surface area is 109 Å². The van der Waals surface area contributed by atoms with E-state index in [1.807, 2.05) is 6.92 Å². The van der Waals surface area contributed by atoms with Crippen molar-refractivity contribution in [1.82, 2.24) is 10.5 Å². The maximum Gasteiger partial charge on any atom is 0.275 e. The molecule has 100 valence electrons. The number of hydroxylamine groups is 1. The number of pyridine rings is 1. The molecule has 0 atom stereocenters. The quantitative estimate of drug-likeness (QED) is 0.649. The van der Waals surface area contributed by atoms with E-state index in [0.717, 1.165) is 5.69 Å². The third-order valence-corrected chi connectivity index (χ3v) is 2.80. The molecule has 0 bridgehead atoms. The van der Waals surface area contributed by atoms with Gasteiger partial charge in [-0.3, -0.25) is 10.0 Å². The maximum atomic E-state index is 11.7. The van der Waals surface area contributed by atoms with Gasteiger partial charge < -0.3 is 9.47 Å². The topological polar surface area (TPSA) is 80.7 Å². The molecule has 1 amide bonds. The van der Waals surface area contributed by atoms with Crippen LogP contribution in [0.5, 0.6) is 11.5 Å². The van der Waals surface area contributed by atoms with Crippen LogP contribution in [0, 0.1) is 6.92 Å². The van der Waals surface area contributed by atoms with Gasteiger partial charge in [0.05, 0.1) is 25.2 Å². The molecule has 2 aromatic rings. The second-order valence-corrected chi connectivity index (χ2v) is 3.95. The zero-order chi connectivity index (χ0) is 14.0. The Morgan fingerprint density at radius 3 is 2.53 bits per heavy atom. The predicted molar refractivity (Wildman–Crippen MR) is 68.8 cm³/mol. The van der Waals surface area contributed by atoms with Crippen LogP contribution < -0.4 is 15.0 Å². The highest BCUT2D eigenvalue weighted by Crippen LogP contribution is 2.34. The van der Waals surface area contributed by atoms with Crippen LogP contribution in [0.25, 0.3) is 10.9 Å². The highest BCUT2D eigenvalue weighted by atomic mass is 16.5. The summed E-state index contributed by atoms with van der Waals surface area (Å²) >= 11 is 0. The standard InChI is InChI=1S/C13H14N2O4/c1-7-6-10(19-3)11-8(13(16)15-17)4-5-9(18-2)12(11)14-7/h4-6,17H,1-3H3,(H,15,16). The number of nitrogens with zero attached hydrogens (tertiary/aromatic N) is 1. The number of methoxy groups -OCH3 is 2. The molecule has 0 unspecified atom stereocenters. The smallest absolute Gasteiger partial charge is 0.275 e. The Morgan fingerprint density at radius 2 is 1.95 bits per heavy atom. The monoisotopic (exact) mass is 262 g/mol. The number of benzene rings is 1. The number of carbonyl (C=O) groups is 1. The van der Waals surface area contributed by atoms with Crippen molar-refractivity contribution in [2.24, 2.45) is 0 Å². The van der Waals surface area contributed by atoms with Crippen molar-refractivity contribution in [2.75, 3.05) is 14.2 Å². The number of hydrogen-bond acceptors (Lipinski definition) is 5. The Kier molecular flexibility index (Phi) is 3.52. The lowest BCUT2D eigenvalue weighted by atomic mass is 10.1. The van der Waals surface area contributed by atoms with Crippen LogP contribution in [0.15, 0.2) is 18.2 Å². The van der Waals surface area contributed by atoms with Gasteiger partial charge in [0.15, 0.2) is 0 Å². The normalized spacial score (nSPS) is 10.3. The van der Waals surface area contributed by atoms with Gasteiger partial charge in [-0.1, -0.05) is 0 Å². The van der Waals surface area contributed by atoms with Crippen LogP contribution in [0.1, 0.15) is 16.1 Å². The molecule has 1 heterocycles. The average Bonchev–Trinajstić information content (AvgIpc) is 2.44. The molecule has 0 saturated heterocycles. The van der Waals surface area contributed by atoms with Gasteiger partial charge in [0.2, 0.25) is 0 Å². The van der Waals surface area contributed by atoms with E-state index in [1.54, 1.807) is 23.7 Å². The van der Waals surface area contributed by atoms with Crippen LogP contribution in [-0.2, 0) is 0 Å². The average molecular weight is 262 g/mol. The molecule has 19 heavy (non-hydrogen) atoms. The Hall–Kier alpha value is -2.34. The summed E-state index contributed by atoms with van der Waals surface area (Å²) in [5, 5.41) is 9.30. The third-order valence-electron chi connectivity index (χ3n) is 2.80. The van der Waals surface area contributed by atoms with Gasteiger partial charge in [-0.05, 0) is 19.1 Å². The first-order valence-corrected chi connectivity index (χ1v) is 5.59. The van der Waals surface area contributed by atoms with Crippen molar-refractivity contribution in [3.05, 3.63) is 29.5 Å². The second-order valence-electron chi connectivity index (χ2n) is 3.95. The highest BCUT2D eigenvalue weighted by molar-refractivity contribution is 6.09. The molecule has 0 aliphatic rings. The van der Waals surface area contributed by atoms with Crippen molar-refractivity contribution in [3.63, 3.8) is 0 Å². The van der Waals surface area contributed by atoms with Gasteiger partial charge in [0, 0.05) is 11.8 Å². The van der Waals surface area contributed by atoms with Crippen molar-refractivity contribution in [1.29, 1.82) is 0 Å². The maximum absolute atomic E-state index is 11.7. The van der Waals surface area contributed by atoms with E-state index >= 15 is 0 Å². The first-order valence-electron chi connectivity index (χ1n) is 5.59. The van der Waals surface area contributed by atoms with Crippen molar-refractivity contribution >= 4 is 16.8 Å². The van der Waals surface area contributed by atoms with Crippen molar-refractivity contribution in [3.8, 4) is 11.5 Å². The first-order chi connectivity index (χ1) is 9.12. The number of aromatic nitrogens is 1. The molecular weight excluding hydrogens is 248 g/mol. The lowest BCUT2D eigenvalue weighted by molar-refractivity contribution is 0.0708. The Morgan fingerprint density at radius 1 is 1.26 bits per heavy atom. The van der Waals surface area contributed by atoms with Crippen LogP contribution in [0.4, 0.5) is 0 Å². The van der Waals surface area contributed by atoms with Crippen LogP contribution in [0.3, 0.4) is 0 Å². The minimum atomic E-state index is -0.628. The molecule has 6 heteroatoms. The van der Waals surface area contributed by atoms with E-state index in [-0.39, 0.29) is 5.56 Å². The molecule has 0 radical (unpaired) electrons. The number of carbonyl (C=O) groups excluding carboxylic acids is 1. The highest BCUT2D eigenvalue weighted by Gasteiger charge is 2.18. The summed E-state index contributed by atoms with van der Waals surface area (Å²) in [5.74, 6) is 0.406. The zero-order valence-corrected chi connectivity index (χ0v) is 10.9. The first kappa shape index (κ1) is 13.1. The molecular formula is C13H14N2O4. The molecule has 0 fully saturated rings. The molecule has 2 rings (SSSR count). The van der Waals surface area contributed by atoms with Crippen LogP contribution in [-0.4, -0.2) is 30.3 Å². The van der Waals surface area contributed by atoms with E-state index in [2.05, 4.69) is 4.98 Å². The molecule has 0 aliphatic heterocycles. The lowest BCUT2D eigenvalue weighted by Crippen LogP contribution is -2.19. The fraction of sp³-hybridized carbons (Fsp3) is 0.231. The molecule has 0 aliphatic carbocycles. The number of aryl methyl sites for hydroxylation is 1. The molecule has 6 nitrogen and oxygen atoms in total. The molecule has 0 spiro atoms. The van der Waals surface area contributed by atoms with Crippen LogP contribution in [0.2, 0.25) is 0 Å². The summed E-state index contributed by atoms with van der Waals surface area (Å²) < 4.78 is 10.5. The summed E-state index contributed by atoms with van der Waals surface area (Å²) in [7, 11) is 3.03. The van der Waals surface area contributed by atoms with Gasteiger partial charge in [-0.2, -0.15) is 0 Å². The second kappa shape index (κ2) is 5.11. The summed E-state index contributed by atoms with van der Waals surface area (Å²) in [4.78, 5) is 16.1. The molecule has 0 saturated carbocycles. The minimum absolute atomic E-state index is 0.266. The summed E-state index contributed by atoms with van der Waals surface area (Å²) in [6, 6.07) is 4.89. The number of hydrogen-bond donors (Lipinski definition) is 2. The van der Waals surface area contributed by atoms with Gasteiger partial charge in [0.1, 0.15) is 17.0 Å². The van der Waals surface area contributed by atoms with E-state index < -0.39 is 5.91 Å². The lowest BCUT2D eigenvalue weighted by Gasteiger charge is -2.12. The Balaban J connectivity index is 2.89. The number of fused-ring (bicyclic) bond motifs is 1. The number of amides is 1. The predicted octanol–water partition coefficient (Wildman–Crippen LogP) is 1.68. The fourth-order valence-electron chi connectivity index (χ4n) is 1.98. The molecule has 2 N–H and O–H groups in total. The van der Waals surface area contributed by atoms with Gasteiger partial charge >= 0.3 is 0 Å². The fourth-order valence-corrected chi connectivity index (χ4v) is 1.98. The summed E-state index contributed by atoms with van der Waals surface area (Å²) in [5.41, 5.74) is 3.13. The van der Waals surface area contributed by atoms with E-state index in [0.29, 0.717) is 22.4 Å². The third kappa shape index (κ3) is 2.17. The van der Waals surface area contributed by atoms with Crippen LogP contribution >= 0.6 is 0 Å². The summed E-state index contributed by atoms with van der Waals surface area (Å²) in [6.45, 7) is 1.82. The summed E-state index contributed by atoms with van der Waals surface area (Å²) in [6.07, 6.45) is 0. The molecule has 1 aromatic heterocycles. The molecule has 1 aromatic carbocycles. The van der Waals surface area contributed by atoms with Gasteiger partial charge in [-0.15, -0.1) is 0 Å². The largest absolute Gasteiger partial charge is 0.496 e. The van der Waals surface area contributed by atoms with Gasteiger partial charge in [0.25, 0.3) is 5.91 Å². The number of nitrogens with one attached hydrogen (secondary N) is 1. The zero-order valence-electron chi connectivity index (χ0n) is 10.9. The van der Waals surface area contributed by atoms with Crippen molar-refractivity contribution in [2.45, 2.75) is 6.92 Å². The van der Waals surface area contributed by atoms with E-state index in [4.69, 9.17) is 14.7 Å².